The minimum atomic E-state index is -0.200. The first-order chi connectivity index (χ1) is 10.6. The van der Waals surface area contributed by atoms with E-state index in [0.29, 0.717) is 30.2 Å². The number of benzene rings is 2. The zero-order valence-electron chi connectivity index (χ0n) is 12.6. The van der Waals surface area contributed by atoms with Crippen molar-refractivity contribution in [2.75, 3.05) is 13.7 Å². The highest BCUT2D eigenvalue weighted by Crippen LogP contribution is 2.28. The number of hydrogen-bond acceptors (Lipinski definition) is 4. The summed E-state index contributed by atoms with van der Waals surface area (Å²) in [4.78, 5) is 12.2. The fraction of sp³-hybridized carbons (Fsp3) is 0.235. The van der Waals surface area contributed by atoms with Crippen LogP contribution in [0.3, 0.4) is 0 Å². The Morgan fingerprint density at radius 2 is 1.86 bits per heavy atom. The Morgan fingerprint density at radius 1 is 1.14 bits per heavy atom. The Balaban J connectivity index is 2.04. The standard InChI is InChI=1S/C17H19NO4/c1-3-22-15-9-6-13(10-16(15)21-2)17(20)18-11-12-4-7-14(19)8-5-12/h4-10,19H,3,11H2,1-2H3,(H,18,20). The Kier molecular flexibility index (Phi) is 5.25. The van der Waals surface area contributed by atoms with E-state index in [-0.39, 0.29) is 11.7 Å². The first-order valence-corrected chi connectivity index (χ1v) is 7.01. The molecule has 0 unspecified atom stereocenters. The predicted octanol–water partition coefficient (Wildman–Crippen LogP) is 2.73. The molecule has 0 saturated heterocycles. The van der Waals surface area contributed by atoms with Crippen LogP contribution in [0.1, 0.15) is 22.8 Å². The number of ether oxygens (including phenoxy) is 2. The Bertz CT molecular complexity index is 638. The van der Waals surface area contributed by atoms with E-state index in [1.807, 2.05) is 6.92 Å². The molecule has 116 valence electrons. The molecule has 5 heteroatoms. The van der Waals surface area contributed by atoms with E-state index in [2.05, 4.69) is 5.32 Å². The smallest absolute Gasteiger partial charge is 0.251 e. The zero-order chi connectivity index (χ0) is 15.9. The molecule has 5 nitrogen and oxygen atoms in total. The normalized spacial score (nSPS) is 10.1. The number of amides is 1. The summed E-state index contributed by atoms with van der Waals surface area (Å²) in [6, 6.07) is 11.8. The van der Waals surface area contributed by atoms with Gasteiger partial charge in [0.05, 0.1) is 13.7 Å². The van der Waals surface area contributed by atoms with Crippen LogP contribution < -0.4 is 14.8 Å². The summed E-state index contributed by atoms with van der Waals surface area (Å²) in [6.45, 7) is 2.80. The molecule has 22 heavy (non-hydrogen) atoms. The van der Waals surface area contributed by atoms with Crippen molar-refractivity contribution < 1.29 is 19.4 Å². The molecule has 0 aromatic heterocycles. The summed E-state index contributed by atoms with van der Waals surface area (Å²) < 4.78 is 10.7. The van der Waals surface area contributed by atoms with Crippen molar-refractivity contribution in [3.63, 3.8) is 0 Å². The molecule has 0 fully saturated rings. The molecule has 1 amide bonds. The Labute approximate surface area is 129 Å². The first-order valence-electron chi connectivity index (χ1n) is 7.01. The van der Waals surface area contributed by atoms with Crippen molar-refractivity contribution in [3.8, 4) is 17.2 Å². The number of methoxy groups -OCH3 is 1. The van der Waals surface area contributed by atoms with Crippen LogP contribution in [0.5, 0.6) is 17.2 Å². The maximum Gasteiger partial charge on any atom is 0.251 e. The second-order valence-electron chi connectivity index (χ2n) is 4.65. The third-order valence-electron chi connectivity index (χ3n) is 3.12. The lowest BCUT2D eigenvalue weighted by Crippen LogP contribution is -2.22. The second-order valence-corrected chi connectivity index (χ2v) is 4.65. The summed E-state index contributed by atoms with van der Waals surface area (Å²) in [5, 5.41) is 12.0. The number of phenols is 1. The van der Waals surface area contributed by atoms with E-state index in [9.17, 15) is 9.90 Å². The third kappa shape index (κ3) is 3.91. The largest absolute Gasteiger partial charge is 0.508 e. The maximum atomic E-state index is 12.2. The van der Waals surface area contributed by atoms with Crippen molar-refractivity contribution in [2.45, 2.75) is 13.5 Å². The zero-order valence-corrected chi connectivity index (χ0v) is 12.6. The van der Waals surface area contributed by atoms with Crippen LogP contribution in [0.25, 0.3) is 0 Å². The fourth-order valence-electron chi connectivity index (χ4n) is 1.98. The van der Waals surface area contributed by atoms with Crippen molar-refractivity contribution in [3.05, 3.63) is 53.6 Å². The van der Waals surface area contributed by atoms with Crippen molar-refractivity contribution in [1.82, 2.24) is 5.32 Å². The minimum absolute atomic E-state index is 0.200. The van der Waals surface area contributed by atoms with Crippen LogP contribution in [-0.4, -0.2) is 24.7 Å². The lowest BCUT2D eigenvalue weighted by molar-refractivity contribution is 0.0950. The summed E-state index contributed by atoms with van der Waals surface area (Å²) in [5.74, 6) is 1.14. The molecule has 2 N–H and O–H groups in total. The number of phenolic OH excluding ortho intramolecular Hbond substituents is 1. The molecule has 2 rings (SSSR count). The van der Waals surface area contributed by atoms with Gasteiger partial charge in [0.15, 0.2) is 11.5 Å². The van der Waals surface area contributed by atoms with Crippen LogP contribution in [0.15, 0.2) is 42.5 Å². The van der Waals surface area contributed by atoms with Crippen LogP contribution in [-0.2, 0) is 6.54 Å². The molecule has 0 radical (unpaired) electrons. The molecule has 0 aliphatic carbocycles. The molecule has 0 aliphatic heterocycles. The van der Waals surface area contributed by atoms with E-state index in [1.54, 1.807) is 42.5 Å². The van der Waals surface area contributed by atoms with Gasteiger partial charge in [0.2, 0.25) is 0 Å². The van der Waals surface area contributed by atoms with E-state index < -0.39 is 0 Å². The lowest BCUT2D eigenvalue weighted by Gasteiger charge is -2.11. The van der Waals surface area contributed by atoms with Gasteiger partial charge in [0.25, 0.3) is 5.91 Å². The van der Waals surface area contributed by atoms with Crippen molar-refractivity contribution >= 4 is 5.91 Å². The highest BCUT2D eigenvalue weighted by molar-refractivity contribution is 5.94. The summed E-state index contributed by atoms with van der Waals surface area (Å²) in [7, 11) is 1.54. The monoisotopic (exact) mass is 301 g/mol. The number of rotatable bonds is 6. The van der Waals surface area contributed by atoms with E-state index in [4.69, 9.17) is 9.47 Å². The van der Waals surface area contributed by atoms with E-state index in [1.165, 1.54) is 7.11 Å². The molecule has 0 saturated carbocycles. The Morgan fingerprint density at radius 3 is 2.50 bits per heavy atom. The number of aromatic hydroxyl groups is 1. The van der Waals surface area contributed by atoms with Gasteiger partial charge < -0.3 is 19.9 Å². The highest BCUT2D eigenvalue weighted by Gasteiger charge is 2.10. The molecule has 0 spiro atoms. The quantitative estimate of drug-likeness (QED) is 0.861. The average molecular weight is 301 g/mol. The van der Waals surface area contributed by atoms with Gasteiger partial charge in [-0.2, -0.15) is 0 Å². The predicted molar refractivity (Wildman–Crippen MR) is 83.4 cm³/mol. The number of carbonyl (C=O) groups is 1. The average Bonchev–Trinajstić information content (AvgIpc) is 2.54. The van der Waals surface area contributed by atoms with Crippen molar-refractivity contribution in [1.29, 1.82) is 0 Å². The molecule has 2 aromatic rings. The maximum absolute atomic E-state index is 12.2. The Hall–Kier alpha value is -2.69. The van der Waals surface area contributed by atoms with Gasteiger partial charge in [0.1, 0.15) is 5.75 Å². The fourth-order valence-corrected chi connectivity index (χ4v) is 1.98. The van der Waals surface area contributed by atoms with Gasteiger partial charge in [-0.1, -0.05) is 12.1 Å². The third-order valence-corrected chi connectivity index (χ3v) is 3.12. The van der Waals surface area contributed by atoms with E-state index in [0.717, 1.165) is 5.56 Å². The molecule has 0 heterocycles. The summed E-state index contributed by atoms with van der Waals surface area (Å²) in [5.41, 5.74) is 1.41. The minimum Gasteiger partial charge on any atom is -0.508 e. The molecule has 0 atom stereocenters. The number of nitrogens with one attached hydrogen (secondary N) is 1. The molecular formula is C17H19NO4. The van der Waals surface area contributed by atoms with Gasteiger partial charge in [-0.3, -0.25) is 4.79 Å². The van der Waals surface area contributed by atoms with Crippen LogP contribution in [0, 0.1) is 0 Å². The van der Waals surface area contributed by atoms with Gasteiger partial charge in [-0.15, -0.1) is 0 Å². The summed E-state index contributed by atoms with van der Waals surface area (Å²) >= 11 is 0. The first kappa shape index (κ1) is 15.7. The molecule has 0 aliphatic rings. The number of hydrogen-bond donors (Lipinski definition) is 2. The topological polar surface area (TPSA) is 67.8 Å². The highest BCUT2D eigenvalue weighted by atomic mass is 16.5. The van der Waals surface area contributed by atoms with Crippen LogP contribution in [0.4, 0.5) is 0 Å². The van der Waals surface area contributed by atoms with Crippen molar-refractivity contribution in [2.24, 2.45) is 0 Å². The lowest BCUT2D eigenvalue weighted by atomic mass is 10.1. The molecule has 0 bridgehead atoms. The van der Waals surface area contributed by atoms with Gasteiger partial charge in [-0.25, -0.2) is 0 Å². The SMILES string of the molecule is CCOc1ccc(C(=O)NCc2ccc(O)cc2)cc1OC. The molecule has 2 aromatic carbocycles. The van der Waals surface area contributed by atoms with Gasteiger partial charge >= 0.3 is 0 Å². The van der Waals surface area contributed by atoms with Gasteiger partial charge in [-0.05, 0) is 42.8 Å². The second kappa shape index (κ2) is 7.36. The van der Waals surface area contributed by atoms with Crippen LogP contribution in [0.2, 0.25) is 0 Å². The van der Waals surface area contributed by atoms with Crippen LogP contribution >= 0.6 is 0 Å². The molecular weight excluding hydrogens is 282 g/mol. The summed E-state index contributed by atoms with van der Waals surface area (Å²) in [6.07, 6.45) is 0. The van der Waals surface area contributed by atoms with E-state index >= 15 is 0 Å². The number of carbonyl (C=O) groups excluding carboxylic acids is 1. The van der Waals surface area contributed by atoms with Gasteiger partial charge in [0, 0.05) is 12.1 Å².